The van der Waals surface area contributed by atoms with Gasteiger partial charge in [0, 0.05) is 12.6 Å². The zero-order valence-electron chi connectivity index (χ0n) is 11.8. The number of nitrogens with zero attached hydrogens (tertiary/aromatic N) is 1. The summed E-state index contributed by atoms with van der Waals surface area (Å²) >= 11 is 0. The van der Waals surface area contributed by atoms with Crippen LogP contribution in [0.3, 0.4) is 0 Å². The van der Waals surface area contributed by atoms with Gasteiger partial charge in [-0.1, -0.05) is 12.1 Å². The standard InChI is InChI=1S/C15H20F3NO2/c16-15(17,18)13-6-1-2-7-14(13)21-10-4-9-19-8-3-5-12(19)11-20/h1-2,6-7,12,20H,3-5,8-11H2/t12-/m1/s1. The van der Waals surface area contributed by atoms with E-state index in [0.717, 1.165) is 32.0 Å². The number of alkyl halides is 3. The van der Waals surface area contributed by atoms with E-state index in [1.165, 1.54) is 18.2 Å². The molecule has 1 heterocycles. The molecule has 0 saturated carbocycles. The molecule has 2 rings (SSSR count). The van der Waals surface area contributed by atoms with Crippen LogP contribution >= 0.6 is 0 Å². The van der Waals surface area contributed by atoms with Gasteiger partial charge < -0.3 is 9.84 Å². The third-order valence-electron chi connectivity index (χ3n) is 3.75. The van der Waals surface area contributed by atoms with Crippen LogP contribution in [0.15, 0.2) is 24.3 Å². The molecule has 0 spiro atoms. The van der Waals surface area contributed by atoms with Crippen LogP contribution in [0.25, 0.3) is 0 Å². The summed E-state index contributed by atoms with van der Waals surface area (Å²) in [5, 5.41) is 9.20. The molecule has 0 aromatic heterocycles. The minimum Gasteiger partial charge on any atom is -0.493 e. The van der Waals surface area contributed by atoms with Gasteiger partial charge in [0.1, 0.15) is 5.75 Å². The molecule has 0 radical (unpaired) electrons. The van der Waals surface area contributed by atoms with E-state index < -0.39 is 11.7 Å². The third-order valence-corrected chi connectivity index (χ3v) is 3.75. The van der Waals surface area contributed by atoms with Gasteiger partial charge >= 0.3 is 6.18 Å². The zero-order chi connectivity index (χ0) is 15.3. The van der Waals surface area contributed by atoms with Crippen molar-refractivity contribution in [2.75, 3.05) is 26.3 Å². The summed E-state index contributed by atoms with van der Waals surface area (Å²) in [6.07, 6.45) is -1.71. The maximum Gasteiger partial charge on any atom is 0.419 e. The highest BCUT2D eigenvalue weighted by atomic mass is 19.4. The fourth-order valence-electron chi connectivity index (χ4n) is 2.67. The molecule has 1 N–H and O–H groups in total. The van der Waals surface area contributed by atoms with Crippen LogP contribution in [0.5, 0.6) is 5.75 Å². The van der Waals surface area contributed by atoms with Crippen molar-refractivity contribution >= 4 is 0 Å². The molecule has 21 heavy (non-hydrogen) atoms. The lowest BCUT2D eigenvalue weighted by Crippen LogP contribution is -2.33. The van der Waals surface area contributed by atoms with Gasteiger partial charge in [-0.3, -0.25) is 4.90 Å². The topological polar surface area (TPSA) is 32.7 Å². The van der Waals surface area contributed by atoms with Gasteiger partial charge in [-0.15, -0.1) is 0 Å². The second-order valence-electron chi connectivity index (χ2n) is 5.21. The van der Waals surface area contributed by atoms with Crippen molar-refractivity contribution in [3.63, 3.8) is 0 Å². The maximum atomic E-state index is 12.8. The summed E-state index contributed by atoms with van der Waals surface area (Å²) < 4.78 is 43.6. The van der Waals surface area contributed by atoms with Gasteiger partial charge in [-0.25, -0.2) is 0 Å². The molecule has 1 aliphatic heterocycles. The molecular weight excluding hydrogens is 283 g/mol. The lowest BCUT2D eigenvalue weighted by atomic mass is 10.2. The van der Waals surface area contributed by atoms with Gasteiger partial charge in [-0.05, 0) is 37.9 Å². The first-order valence-corrected chi connectivity index (χ1v) is 7.16. The van der Waals surface area contributed by atoms with Crippen molar-refractivity contribution in [2.24, 2.45) is 0 Å². The van der Waals surface area contributed by atoms with Gasteiger partial charge in [0.25, 0.3) is 0 Å². The minimum atomic E-state index is -4.40. The van der Waals surface area contributed by atoms with Crippen LogP contribution < -0.4 is 4.74 Å². The average Bonchev–Trinajstić information content (AvgIpc) is 2.90. The lowest BCUT2D eigenvalue weighted by molar-refractivity contribution is -0.139. The molecule has 1 saturated heterocycles. The van der Waals surface area contributed by atoms with E-state index in [0.29, 0.717) is 6.42 Å². The Hall–Kier alpha value is -1.27. The molecule has 0 aliphatic carbocycles. The Labute approximate surface area is 122 Å². The zero-order valence-corrected chi connectivity index (χ0v) is 11.8. The molecule has 0 amide bonds. The van der Waals surface area contributed by atoms with Crippen LogP contribution in [0, 0.1) is 0 Å². The van der Waals surface area contributed by atoms with Crippen LogP contribution in [0.4, 0.5) is 13.2 Å². The molecule has 6 heteroatoms. The van der Waals surface area contributed by atoms with E-state index in [-0.39, 0.29) is 25.0 Å². The highest BCUT2D eigenvalue weighted by molar-refractivity contribution is 5.35. The highest BCUT2D eigenvalue weighted by Crippen LogP contribution is 2.35. The summed E-state index contributed by atoms with van der Waals surface area (Å²) in [4.78, 5) is 2.17. The molecule has 118 valence electrons. The molecule has 0 unspecified atom stereocenters. The van der Waals surface area contributed by atoms with Gasteiger partial charge in [0.2, 0.25) is 0 Å². The van der Waals surface area contributed by atoms with Gasteiger partial charge in [-0.2, -0.15) is 13.2 Å². The van der Waals surface area contributed by atoms with Crippen molar-refractivity contribution in [2.45, 2.75) is 31.5 Å². The number of benzene rings is 1. The van der Waals surface area contributed by atoms with Crippen LogP contribution in [-0.4, -0.2) is 42.4 Å². The summed E-state index contributed by atoms with van der Waals surface area (Å²) in [5.74, 6) is -0.120. The second kappa shape index (κ2) is 7.13. The Morgan fingerprint density at radius 1 is 1.29 bits per heavy atom. The fourth-order valence-corrected chi connectivity index (χ4v) is 2.67. The van der Waals surface area contributed by atoms with Crippen molar-refractivity contribution in [1.82, 2.24) is 4.90 Å². The molecule has 1 aromatic rings. The normalized spacial score (nSPS) is 19.9. The SMILES string of the molecule is OC[C@H]1CCCN1CCCOc1ccccc1C(F)(F)F. The largest absolute Gasteiger partial charge is 0.493 e. The monoisotopic (exact) mass is 303 g/mol. The average molecular weight is 303 g/mol. The number of ether oxygens (including phenoxy) is 1. The summed E-state index contributed by atoms with van der Waals surface area (Å²) in [5.41, 5.74) is -0.737. The minimum absolute atomic E-state index is 0.120. The Morgan fingerprint density at radius 3 is 2.76 bits per heavy atom. The number of aliphatic hydroxyl groups is 1. The quantitative estimate of drug-likeness (QED) is 0.820. The van der Waals surface area contributed by atoms with E-state index >= 15 is 0 Å². The van der Waals surface area contributed by atoms with Gasteiger partial charge in [0.05, 0.1) is 18.8 Å². The smallest absolute Gasteiger partial charge is 0.419 e. The number of hydrogen-bond donors (Lipinski definition) is 1. The third kappa shape index (κ3) is 4.35. The first kappa shape index (κ1) is 16.1. The first-order chi connectivity index (χ1) is 10.0. The highest BCUT2D eigenvalue weighted by Gasteiger charge is 2.34. The number of rotatable bonds is 6. The predicted molar refractivity (Wildman–Crippen MR) is 73.2 cm³/mol. The molecule has 1 atom stereocenters. The Morgan fingerprint density at radius 2 is 2.05 bits per heavy atom. The lowest BCUT2D eigenvalue weighted by Gasteiger charge is -2.22. The van der Waals surface area contributed by atoms with Crippen molar-refractivity contribution in [3.8, 4) is 5.75 Å². The van der Waals surface area contributed by atoms with Gasteiger partial charge in [0.15, 0.2) is 0 Å². The second-order valence-corrected chi connectivity index (χ2v) is 5.21. The summed E-state index contributed by atoms with van der Waals surface area (Å²) in [6, 6.07) is 5.44. The van der Waals surface area contributed by atoms with E-state index in [1.807, 2.05) is 0 Å². The number of hydrogen-bond acceptors (Lipinski definition) is 3. The number of para-hydroxylation sites is 1. The van der Waals surface area contributed by atoms with E-state index in [4.69, 9.17) is 4.74 Å². The maximum absolute atomic E-state index is 12.8. The van der Waals surface area contributed by atoms with Crippen LogP contribution in [0.2, 0.25) is 0 Å². The van der Waals surface area contributed by atoms with Crippen LogP contribution in [0.1, 0.15) is 24.8 Å². The summed E-state index contributed by atoms with van der Waals surface area (Å²) in [7, 11) is 0. The Bertz CT molecular complexity index is 451. The van der Waals surface area contributed by atoms with Crippen molar-refractivity contribution in [1.29, 1.82) is 0 Å². The molecule has 3 nitrogen and oxygen atoms in total. The van der Waals surface area contributed by atoms with E-state index in [2.05, 4.69) is 4.90 Å². The Kier molecular flexibility index (Phi) is 5.47. The fraction of sp³-hybridized carbons (Fsp3) is 0.600. The molecule has 1 aromatic carbocycles. The molecular formula is C15H20F3NO2. The molecule has 0 bridgehead atoms. The van der Waals surface area contributed by atoms with Crippen molar-refractivity contribution < 1.29 is 23.0 Å². The molecule has 1 fully saturated rings. The predicted octanol–water partition coefficient (Wildman–Crippen LogP) is 2.93. The number of likely N-dealkylation sites (tertiary alicyclic amines) is 1. The summed E-state index contributed by atoms with van der Waals surface area (Å²) in [6.45, 7) is 2.04. The number of halogens is 3. The first-order valence-electron chi connectivity index (χ1n) is 7.16. The van der Waals surface area contributed by atoms with Crippen molar-refractivity contribution in [3.05, 3.63) is 29.8 Å². The Balaban J connectivity index is 1.81. The van der Waals surface area contributed by atoms with Crippen LogP contribution in [-0.2, 0) is 6.18 Å². The number of aliphatic hydroxyl groups excluding tert-OH is 1. The molecule has 1 aliphatic rings. The van der Waals surface area contributed by atoms with E-state index in [1.54, 1.807) is 0 Å². The van der Waals surface area contributed by atoms with E-state index in [9.17, 15) is 18.3 Å².